The molecule has 3 rings (SSSR count). The fourth-order valence-electron chi connectivity index (χ4n) is 2.30. The number of nitrogens with zero attached hydrogens (tertiary/aromatic N) is 2. The zero-order valence-corrected chi connectivity index (χ0v) is 13.7. The van der Waals surface area contributed by atoms with E-state index in [1.807, 2.05) is 19.1 Å². The van der Waals surface area contributed by atoms with Gasteiger partial charge in [0.15, 0.2) is 5.17 Å². The van der Waals surface area contributed by atoms with E-state index in [2.05, 4.69) is 21.4 Å². The van der Waals surface area contributed by atoms with Crippen molar-refractivity contribution in [2.24, 2.45) is 4.99 Å². The fraction of sp³-hybridized carbons (Fsp3) is 0.222. The second-order valence-electron chi connectivity index (χ2n) is 5.31. The molecule has 0 saturated heterocycles. The first-order chi connectivity index (χ1) is 11.2. The average molecular weight is 327 g/mol. The van der Waals surface area contributed by atoms with Crippen molar-refractivity contribution in [1.29, 1.82) is 0 Å². The van der Waals surface area contributed by atoms with Gasteiger partial charge < -0.3 is 5.32 Å². The van der Waals surface area contributed by atoms with Crippen LogP contribution in [0.5, 0.6) is 0 Å². The lowest BCUT2D eigenvalue weighted by atomic mass is 10.1. The minimum Gasteiger partial charge on any atom is -0.319 e. The highest BCUT2D eigenvalue weighted by molar-refractivity contribution is 8.14. The molecule has 1 aromatic carbocycles. The average Bonchev–Trinajstić information content (AvgIpc) is 2.53. The molecule has 0 aliphatic carbocycles. The van der Waals surface area contributed by atoms with Crippen LogP contribution < -0.4 is 5.32 Å². The summed E-state index contributed by atoms with van der Waals surface area (Å²) < 4.78 is 13.1. The monoisotopic (exact) mass is 327 g/mol. The van der Waals surface area contributed by atoms with Gasteiger partial charge in [-0.15, -0.1) is 0 Å². The van der Waals surface area contributed by atoms with Crippen LogP contribution in [0.4, 0.5) is 10.2 Å². The van der Waals surface area contributed by atoms with Gasteiger partial charge in [-0.2, -0.15) is 0 Å². The van der Waals surface area contributed by atoms with E-state index >= 15 is 0 Å². The molecular weight excluding hydrogens is 309 g/mol. The molecule has 0 atom stereocenters. The number of benzene rings is 1. The maximum absolute atomic E-state index is 13.1. The molecule has 3 nitrogen and oxygen atoms in total. The van der Waals surface area contributed by atoms with E-state index in [4.69, 9.17) is 0 Å². The molecule has 2 aromatic rings. The number of halogens is 1. The van der Waals surface area contributed by atoms with Crippen LogP contribution in [0, 0.1) is 5.82 Å². The van der Waals surface area contributed by atoms with Crippen LogP contribution >= 0.6 is 11.8 Å². The van der Waals surface area contributed by atoms with Crippen LogP contribution in [-0.4, -0.2) is 15.9 Å². The predicted molar refractivity (Wildman–Crippen MR) is 96.1 cm³/mol. The highest BCUT2D eigenvalue weighted by atomic mass is 32.2. The predicted octanol–water partition coefficient (Wildman–Crippen LogP) is 5.09. The van der Waals surface area contributed by atoms with E-state index in [0.29, 0.717) is 0 Å². The molecule has 0 amide bonds. The van der Waals surface area contributed by atoms with Gasteiger partial charge in [-0.3, -0.25) is 0 Å². The molecule has 0 spiro atoms. The molecule has 1 aliphatic heterocycles. The molecule has 5 heteroatoms. The Labute approximate surface area is 139 Å². The minimum atomic E-state index is -0.233. The van der Waals surface area contributed by atoms with E-state index in [0.717, 1.165) is 46.4 Å². The van der Waals surface area contributed by atoms with Gasteiger partial charge in [0.2, 0.25) is 0 Å². The van der Waals surface area contributed by atoms with Crippen molar-refractivity contribution in [3.8, 4) is 11.1 Å². The second kappa shape index (κ2) is 7.42. The summed E-state index contributed by atoms with van der Waals surface area (Å²) in [4.78, 5) is 8.94. The van der Waals surface area contributed by atoms with Crippen molar-refractivity contribution >= 4 is 22.7 Å². The lowest BCUT2D eigenvalue weighted by Gasteiger charge is -2.12. The van der Waals surface area contributed by atoms with Crippen molar-refractivity contribution in [3.63, 3.8) is 0 Å². The maximum Gasteiger partial charge on any atom is 0.167 e. The van der Waals surface area contributed by atoms with Crippen molar-refractivity contribution in [2.75, 3.05) is 11.1 Å². The molecule has 1 aromatic heterocycles. The topological polar surface area (TPSA) is 37.3 Å². The van der Waals surface area contributed by atoms with Gasteiger partial charge in [0, 0.05) is 17.6 Å². The standard InChI is InChI=1S/C18H18FN3S/c1-13-4-2-3-11-23-18(21-13)22-17-12-15(9-10-20-17)14-5-7-16(19)8-6-14/h4-10,12H,2-3,11H2,1H3,(H,20,21,22)/b13-4+. The van der Waals surface area contributed by atoms with Crippen LogP contribution in [0.1, 0.15) is 19.8 Å². The molecular formula is C18H18FN3S. The lowest BCUT2D eigenvalue weighted by molar-refractivity contribution is 0.628. The maximum atomic E-state index is 13.1. The molecule has 2 heterocycles. The van der Waals surface area contributed by atoms with Gasteiger partial charge in [-0.25, -0.2) is 14.4 Å². The summed E-state index contributed by atoms with van der Waals surface area (Å²) in [6.45, 7) is 2.01. The molecule has 1 N–H and O–H groups in total. The fourth-order valence-corrected chi connectivity index (χ4v) is 3.19. The molecule has 0 unspecified atom stereocenters. The van der Waals surface area contributed by atoms with Crippen LogP contribution in [0.25, 0.3) is 11.1 Å². The number of hydrogen-bond donors (Lipinski definition) is 1. The quantitative estimate of drug-likeness (QED) is 0.835. The first kappa shape index (κ1) is 15.7. The molecule has 0 radical (unpaired) electrons. The van der Waals surface area contributed by atoms with Crippen molar-refractivity contribution < 1.29 is 4.39 Å². The van der Waals surface area contributed by atoms with E-state index in [9.17, 15) is 4.39 Å². The third kappa shape index (κ3) is 4.42. The summed E-state index contributed by atoms with van der Waals surface area (Å²) in [5.41, 5.74) is 2.97. The van der Waals surface area contributed by atoms with Gasteiger partial charge >= 0.3 is 0 Å². The van der Waals surface area contributed by atoms with Gasteiger partial charge in [0.25, 0.3) is 0 Å². The molecule has 0 bridgehead atoms. The van der Waals surface area contributed by atoms with Crippen molar-refractivity contribution in [1.82, 2.24) is 4.98 Å². The highest BCUT2D eigenvalue weighted by Crippen LogP contribution is 2.23. The molecule has 1 aliphatic rings. The Hall–Kier alpha value is -2.14. The minimum absolute atomic E-state index is 0.233. The summed E-state index contributed by atoms with van der Waals surface area (Å²) in [5.74, 6) is 1.54. The number of anilines is 1. The van der Waals surface area contributed by atoms with Crippen LogP contribution in [-0.2, 0) is 0 Å². The number of hydrogen-bond acceptors (Lipinski definition) is 4. The Morgan fingerprint density at radius 3 is 2.78 bits per heavy atom. The Balaban J connectivity index is 1.82. The number of nitrogens with one attached hydrogen (secondary N) is 1. The first-order valence-corrected chi connectivity index (χ1v) is 8.56. The zero-order chi connectivity index (χ0) is 16.1. The summed E-state index contributed by atoms with van der Waals surface area (Å²) in [7, 11) is 0. The van der Waals surface area contributed by atoms with E-state index in [1.165, 1.54) is 12.1 Å². The Bertz CT molecular complexity index is 738. The largest absolute Gasteiger partial charge is 0.319 e. The number of allylic oxidation sites excluding steroid dienone is 2. The molecule has 0 saturated carbocycles. The van der Waals surface area contributed by atoms with E-state index in [1.54, 1.807) is 30.1 Å². The smallest absolute Gasteiger partial charge is 0.167 e. The summed E-state index contributed by atoms with van der Waals surface area (Å²) in [5, 5.41) is 4.15. The van der Waals surface area contributed by atoms with Gasteiger partial charge in [-0.1, -0.05) is 30.0 Å². The van der Waals surface area contributed by atoms with Gasteiger partial charge in [0.05, 0.1) is 0 Å². The number of aromatic nitrogens is 1. The van der Waals surface area contributed by atoms with Gasteiger partial charge in [0.1, 0.15) is 11.6 Å². The number of aliphatic imine (C=N–C) groups is 1. The molecule has 0 fully saturated rings. The number of rotatable bonds is 2. The molecule has 118 valence electrons. The summed E-state index contributed by atoms with van der Waals surface area (Å²) >= 11 is 1.71. The molecule has 23 heavy (non-hydrogen) atoms. The normalized spacial score (nSPS) is 19.7. The van der Waals surface area contributed by atoms with Crippen LogP contribution in [0.3, 0.4) is 0 Å². The summed E-state index contributed by atoms with van der Waals surface area (Å²) in [6.07, 6.45) is 6.13. The van der Waals surface area contributed by atoms with Crippen LogP contribution in [0.15, 0.2) is 59.4 Å². The third-order valence-corrected chi connectivity index (χ3v) is 4.44. The third-order valence-electron chi connectivity index (χ3n) is 3.48. The second-order valence-corrected chi connectivity index (χ2v) is 6.40. The van der Waals surface area contributed by atoms with E-state index in [-0.39, 0.29) is 5.82 Å². The van der Waals surface area contributed by atoms with Gasteiger partial charge in [-0.05, 0) is 55.2 Å². The number of pyridine rings is 1. The zero-order valence-electron chi connectivity index (χ0n) is 12.9. The lowest BCUT2D eigenvalue weighted by Crippen LogP contribution is -2.11. The Kier molecular flexibility index (Phi) is 5.08. The number of amidine groups is 1. The highest BCUT2D eigenvalue weighted by Gasteiger charge is 2.07. The van der Waals surface area contributed by atoms with Crippen molar-refractivity contribution in [3.05, 3.63) is 60.2 Å². The summed E-state index contributed by atoms with van der Waals surface area (Å²) in [6, 6.07) is 10.3. The van der Waals surface area contributed by atoms with E-state index < -0.39 is 0 Å². The van der Waals surface area contributed by atoms with Crippen LogP contribution in [0.2, 0.25) is 0 Å². The SMILES string of the molecule is CC1=C\CCCS/C(Nc2cc(-c3ccc(F)cc3)ccn2)=N\1. The van der Waals surface area contributed by atoms with Crippen molar-refractivity contribution in [2.45, 2.75) is 19.8 Å². The first-order valence-electron chi connectivity index (χ1n) is 7.58. The Morgan fingerprint density at radius 2 is 1.96 bits per heavy atom. The number of thioether (sulfide) groups is 1. The Morgan fingerprint density at radius 1 is 1.13 bits per heavy atom.